The molecule has 0 fully saturated rings. The molecule has 6 aliphatic rings. The Kier molecular flexibility index (Phi) is 10.2. The molecule has 0 amide bonds. The number of anilines is 15. The second-order valence-corrected chi connectivity index (χ2v) is 26.2. The molecular formula is C85H53B3N6. The quantitative estimate of drug-likeness (QED) is 0.160. The molecule has 22 rings (SSSR count). The Morgan fingerprint density at radius 1 is 0.234 bits per heavy atom. The van der Waals surface area contributed by atoms with Crippen molar-refractivity contribution < 1.29 is 0 Å². The van der Waals surface area contributed by atoms with Crippen molar-refractivity contribution in [3.8, 4) is 0 Å². The molecular weight excluding hydrogens is 1140 g/mol. The standard InChI is InChI=1S/C85H53B3N6/c1-6-26-55(27-7-1)89-69-39-19-16-36-63(69)86-66-49-60-61-50-68-85(93(59-34-14-5-15-35-59)76-46-24-44-74-83(76)88(68)65-38-18-21-41-71(65)91(74)57-30-10-3-11-31-57)80-62-51-67-79(52-78(62)94(84(61)80)77(60)48-54(66)47-53-25-22-42-72(89)81(53)86)92(58-32-12-4-13-33-58)75-45-23-43-73-82(75)87(67)64-37-17-20-40-70(64)90(73)56-28-8-2-9-29-56/h1-46,48-52H,47H2. The summed E-state index contributed by atoms with van der Waals surface area (Å²) in [4.78, 5) is 12.7. The van der Waals surface area contributed by atoms with Gasteiger partial charge in [-0.1, -0.05) is 194 Å². The van der Waals surface area contributed by atoms with E-state index in [9.17, 15) is 0 Å². The van der Waals surface area contributed by atoms with Gasteiger partial charge in [0.15, 0.2) is 0 Å². The van der Waals surface area contributed by atoms with Gasteiger partial charge in [-0.25, -0.2) is 0 Å². The van der Waals surface area contributed by atoms with Crippen molar-refractivity contribution in [1.82, 2.24) is 4.40 Å². The van der Waals surface area contributed by atoms with Crippen LogP contribution in [0.25, 0.3) is 38.1 Å². The van der Waals surface area contributed by atoms with Crippen LogP contribution in [0.15, 0.2) is 309 Å². The number of hydrogen-bond acceptors (Lipinski definition) is 5. The zero-order chi connectivity index (χ0) is 61.0. The number of nitrogens with zero attached hydrogens (tertiary/aromatic N) is 6. The van der Waals surface area contributed by atoms with Crippen LogP contribution < -0.4 is 73.7 Å². The molecule has 0 bridgehead atoms. The maximum atomic E-state index is 2.70. The molecule has 0 N–H and O–H groups in total. The molecule has 14 aromatic carbocycles. The van der Waals surface area contributed by atoms with Crippen LogP contribution in [0.1, 0.15) is 11.1 Å². The average molecular weight is 1190 g/mol. The largest absolute Gasteiger partial charge is 0.312 e. The summed E-state index contributed by atoms with van der Waals surface area (Å²) in [5, 5.41) is 5.08. The fraction of sp³-hybridized carbons (Fsp3) is 0.0118. The van der Waals surface area contributed by atoms with E-state index in [0.29, 0.717) is 0 Å². The lowest BCUT2D eigenvalue weighted by Crippen LogP contribution is -2.61. The summed E-state index contributed by atoms with van der Waals surface area (Å²) in [7, 11) is 0. The van der Waals surface area contributed by atoms with E-state index < -0.39 is 0 Å². The van der Waals surface area contributed by atoms with Gasteiger partial charge in [-0.2, -0.15) is 0 Å². The highest BCUT2D eigenvalue weighted by Crippen LogP contribution is 2.53. The normalized spacial score (nSPS) is 14.2. The fourth-order valence-corrected chi connectivity index (χ4v) is 18.2. The Bertz CT molecular complexity index is 5900. The fourth-order valence-electron chi connectivity index (χ4n) is 18.2. The van der Waals surface area contributed by atoms with Crippen LogP contribution in [0, 0.1) is 0 Å². The Morgan fingerprint density at radius 3 is 1.10 bits per heavy atom. The van der Waals surface area contributed by atoms with Gasteiger partial charge in [0.25, 0.3) is 13.4 Å². The number of rotatable bonds is 5. The number of fused-ring (bicyclic) bond motifs is 19. The third kappa shape index (κ3) is 6.62. The van der Waals surface area contributed by atoms with Crippen LogP contribution in [0.5, 0.6) is 0 Å². The molecule has 8 heterocycles. The van der Waals surface area contributed by atoms with Gasteiger partial charge in [-0.3, -0.25) is 0 Å². The molecule has 6 aliphatic heterocycles. The SMILES string of the molecule is c1ccc(N2c3ccccc3B3c4cc5c6cc7c(c8c9cc%10c(cc9n(c5cc4Cc4cccc2c43)c68)N(c2ccccc2)c2cccc3c2B%10c2ccccc2N3c2ccccc2)N(c2ccccc2)c2cccc3c2B7c2ccccc2N3c2ccccc2)cc1. The molecule has 16 aromatic rings. The van der Waals surface area contributed by atoms with Crippen molar-refractivity contribution in [2.75, 3.05) is 24.5 Å². The summed E-state index contributed by atoms with van der Waals surface area (Å²) in [6.45, 7) is -0.146. The highest BCUT2D eigenvalue weighted by atomic mass is 15.2. The van der Waals surface area contributed by atoms with Gasteiger partial charge >= 0.3 is 0 Å². The number of hydrogen-bond donors (Lipinski definition) is 0. The molecule has 0 spiro atoms. The van der Waals surface area contributed by atoms with Gasteiger partial charge in [-0.05, 0) is 183 Å². The summed E-state index contributed by atoms with van der Waals surface area (Å²) in [6.07, 6.45) is 0.830. The Hall–Kier alpha value is -11.9. The third-order valence-corrected chi connectivity index (χ3v) is 21.6. The lowest BCUT2D eigenvalue weighted by molar-refractivity contribution is 1.19. The maximum Gasteiger partial charge on any atom is 0.252 e. The Balaban J connectivity index is 0.892. The van der Waals surface area contributed by atoms with Crippen molar-refractivity contribution in [1.29, 1.82) is 0 Å². The van der Waals surface area contributed by atoms with Crippen LogP contribution >= 0.6 is 0 Å². The van der Waals surface area contributed by atoms with E-state index in [2.05, 4.69) is 338 Å². The summed E-state index contributed by atoms with van der Waals surface area (Å²) < 4.78 is 2.70. The molecule has 0 radical (unpaired) electrons. The Morgan fingerprint density at radius 2 is 0.596 bits per heavy atom. The predicted octanol–water partition coefficient (Wildman–Crippen LogP) is 15.2. The smallest absolute Gasteiger partial charge is 0.252 e. The molecule has 94 heavy (non-hydrogen) atoms. The minimum atomic E-state index is -0.100. The second kappa shape index (κ2) is 18.8. The zero-order valence-corrected chi connectivity index (χ0v) is 51.1. The highest BCUT2D eigenvalue weighted by Gasteiger charge is 2.48. The summed E-state index contributed by atoms with van der Waals surface area (Å²) in [6, 6.07) is 117. The zero-order valence-electron chi connectivity index (χ0n) is 51.1. The maximum absolute atomic E-state index is 2.70. The molecule has 9 heteroatoms. The molecule has 0 atom stereocenters. The number of aromatic nitrogens is 1. The number of para-hydroxylation sites is 8. The number of benzene rings is 14. The van der Waals surface area contributed by atoms with Gasteiger partial charge in [0.05, 0.1) is 22.2 Å². The van der Waals surface area contributed by atoms with Crippen LogP contribution in [0.2, 0.25) is 0 Å². The van der Waals surface area contributed by atoms with E-state index in [-0.39, 0.29) is 20.1 Å². The minimum Gasteiger partial charge on any atom is -0.312 e. The molecule has 0 saturated heterocycles. The first-order valence-electron chi connectivity index (χ1n) is 33.0. The van der Waals surface area contributed by atoms with E-state index in [1.54, 1.807) is 0 Å². The summed E-state index contributed by atoms with van der Waals surface area (Å²) in [5.74, 6) is 0. The average Bonchev–Trinajstić information content (AvgIpc) is 1.31. The van der Waals surface area contributed by atoms with E-state index in [1.165, 1.54) is 161 Å². The summed E-state index contributed by atoms with van der Waals surface area (Å²) in [5.41, 5.74) is 36.2. The first-order chi connectivity index (χ1) is 46.7. The van der Waals surface area contributed by atoms with Gasteiger partial charge in [0, 0.05) is 101 Å². The van der Waals surface area contributed by atoms with Gasteiger partial charge < -0.3 is 28.9 Å². The van der Waals surface area contributed by atoms with Crippen molar-refractivity contribution >= 4 is 193 Å². The molecule has 2 aromatic heterocycles. The van der Waals surface area contributed by atoms with Crippen molar-refractivity contribution in [2.45, 2.75) is 6.42 Å². The van der Waals surface area contributed by atoms with E-state index in [4.69, 9.17) is 0 Å². The molecule has 0 aliphatic carbocycles. The van der Waals surface area contributed by atoms with Crippen LogP contribution in [0.4, 0.5) is 85.3 Å². The van der Waals surface area contributed by atoms with Crippen LogP contribution in [-0.4, -0.2) is 24.5 Å². The molecule has 0 saturated carbocycles. The Labute approximate surface area is 545 Å². The van der Waals surface area contributed by atoms with Crippen molar-refractivity contribution in [3.63, 3.8) is 0 Å². The topological polar surface area (TPSA) is 20.6 Å². The molecule has 6 nitrogen and oxygen atoms in total. The van der Waals surface area contributed by atoms with E-state index in [0.717, 1.165) is 29.2 Å². The second-order valence-electron chi connectivity index (χ2n) is 26.2. The summed E-state index contributed by atoms with van der Waals surface area (Å²) >= 11 is 0. The van der Waals surface area contributed by atoms with Crippen molar-refractivity contribution in [2.24, 2.45) is 0 Å². The van der Waals surface area contributed by atoms with Gasteiger partial charge in [-0.15, -0.1) is 0 Å². The first kappa shape index (κ1) is 50.8. The van der Waals surface area contributed by atoms with Crippen LogP contribution in [-0.2, 0) is 6.42 Å². The van der Waals surface area contributed by atoms with Crippen molar-refractivity contribution in [3.05, 3.63) is 321 Å². The predicted molar refractivity (Wildman–Crippen MR) is 398 cm³/mol. The van der Waals surface area contributed by atoms with Crippen LogP contribution in [0.3, 0.4) is 0 Å². The van der Waals surface area contributed by atoms with E-state index >= 15 is 0 Å². The highest BCUT2D eigenvalue weighted by molar-refractivity contribution is 7.02. The van der Waals surface area contributed by atoms with Gasteiger partial charge in [0.2, 0.25) is 6.71 Å². The van der Waals surface area contributed by atoms with Gasteiger partial charge in [0.1, 0.15) is 0 Å². The monoisotopic (exact) mass is 1190 g/mol. The lowest BCUT2D eigenvalue weighted by Gasteiger charge is -2.44. The third-order valence-electron chi connectivity index (χ3n) is 21.6. The minimum absolute atomic E-state index is 0.0334. The molecule has 432 valence electrons. The first-order valence-corrected chi connectivity index (χ1v) is 33.0. The molecule has 0 unspecified atom stereocenters. The van der Waals surface area contributed by atoms with E-state index in [1.807, 2.05) is 0 Å². The lowest BCUT2D eigenvalue weighted by atomic mass is 9.32.